The number of nitrogens with two attached hydrogens (primary N) is 2. The Kier molecular flexibility index (Phi) is 16.3. The summed E-state index contributed by atoms with van der Waals surface area (Å²) in [6.45, 7) is 2.95. The van der Waals surface area contributed by atoms with Crippen LogP contribution in [0.2, 0.25) is 0 Å². The Morgan fingerprint density at radius 1 is 0.970 bits per heavy atom. The van der Waals surface area contributed by atoms with Gasteiger partial charge in [-0.05, 0) is 45.2 Å². The highest BCUT2D eigenvalue weighted by molar-refractivity contribution is 7.47. The predicted molar refractivity (Wildman–Crippen MR) is 227 cm³/mol. The van der Waals surface area contributed by atoms with E-state index in [1.165, 1.54) is 23.2 Å². The van der Waals surface area contributed by atoms with Gasteiger partial charge >= 0.3 is 39.5 Å². The van der Waals surface area contributed by atoms with Crippen LogP contribution in [0.5, 0.6) is 0 Å². The first-order valence-electron chi connectivity index (χ1n) is 20.3. The molecule has 4 aromatic rings. The molecule has 30 heteroatoms. The van der Waals surface area contributed by atoms with E-state index in [2.05, 4.69) is 35.1 Å². The molecule has 2 amide bonds. The molecule has 366 valence electrons. The summed E-state index contributed by atoms with van der Waals surface area (Å²) in [6, 6.07) is 8.73. The van der Waals surface area contributed by atoms with E-state index in [-0.39, 0.29) is 55.2 Å². The van der Waals surface area contributed by atoms with Gasteiger partial charge in [-0.1, -0.05) is 30.3 Å². The van der Waals surface area contributed by atoms with Crippen molar-refractivity contribution in [1.29, 1.82) is 0 Å². The summed E-state index contributed by atoms with van der Waals surface area (Å²) in [6.07, 6.45) is -9.47. The zero-order chi connectivity index (χ0) is 48.7. The molecule has 1 aromatic carbocycles. The molecule has 0 saturated carbocycles. The first-order valence-corrected chi connectivity index (χ1v) is 23.4. The number of nitrogens with one attached hydrogen (secondary N) is 2. The van der Waals surface area contributed by atoms with E-state index in [1.807, 2.05) is 6.07 Å². The highest BCUT2D eigenvalue weighted by Crippen LogP contribution is 2.50. The van der Waals surface area contributed by atoms with Gasteiger partial charge in [0, 0.05) is 19.2 Å². The third kappa shape index (κ3) is 14.2. The van der Waals surface area contributed by atoms with Crippen molar-refractivity contribution < 1.29 is 80.6 Å². The SMILES string of the molecule is CC(C)(C)OC(=O)N[C@@H](CCCNC(=O)OCc1ccccc1)C(=O)O[C@H]1[C@@H](O)[C@H](n2cnc3c(N)ncnc32)O[C@@H]1COP(=O)(O)O[C@H]1C[C@H](n2ccc(N)nc2=O)O[C@@H]1COP(=O)(O)O. The normalized spacial score (nSPS) is 23.3. The maximum atomic E-state index is 14.0. The molecule has 9 atom stereocenters. The molecule has 2 aliphatic heterocycles. The van der Waals surface area contributed by atoms with Gasteiger partial charge in [-0.25, -0.2) is 43.3 Å². The average molecular weight is 985 g/mol. The summed E-state index contributed by atoms with van der Waals surface area (Å²) < 4.78 is 70.8. The monoisotopic (exact) mass is 984 g/mol. The molecule has 0 radical (unpaired) electrons. The Morgan fingerprint density at radius 3 is 2.40 bits per heavy atom. The molecule has 2 fully saturated rings. The number of nitrogens with zero attached hydrogens (tertiary/aromatic N) is 6. The fourth-order valence-electron chi connectivity index (χ4n) is 6.79. The molecule has 0 spiro atoms. The molecule has 2 saturated heterocycles. The minimum atomic E-state index is -5.28. The number of nitrogen functional groups attached to an aromatic ring is 2. The quantitative estimate of drug-likeness (QED) is 0.0280. The van der Waals surface area contributed by atoms with E-state index in [0.717, 1.165) is 16.5 Å². The van der Waals surface area contributed by atoms with Gasteiger partial charge in [-0.2, -0.15) is 4.98 Å². The van der Waals surface area contributed by atoms with Crippen LogP contribution in [-0.2, 0) is 57.8 Å². The number of phosphoric acid groups is 2. The van der Waals surface area contributed by atoms with E-state index < -0.39 is 107 Å². The molecule has 2 aliphatic rings. The number of amides is 2. The van der Waals surface area contributed by atoms with Gasteiger partial charge in [-0.3, -0.25) is 22.7 Å². The van der Waals surface area contributed by atoms with Crippen LogP contribution in [0.15, 0.2) is 60.0 Å². The highest BCUT2D eigenvalue weighted by Gasteiger charge is 2.50. The van der Waals surface area contributed by atoms with Gasteiger partial charge < -0.3 is 65.6 Å². The second-order valence-electron chi connectivity index (χ2n) is 16.0. The number of carbonyl (C=O) groups excluding carboxylic acids is 3. The lowest BCUT2D eigenvalue weighted by Crippen LogP contribution is -2.48. The lowest BCUT2D eigenvalue weighted by Gasteiger charge is -2.26. The van der Waals surface area contributed by atoms with Crippen LogP contribution < -0.4 is 27.8 Å². The highest BCUT2D eigenvalue weighted by atomic mass is 31.2. The maximum Gasteiger partial charge on any atom is 0.472 e. The van der Waals surface area contributed by atoms with Crippen molar-refractivity contribution in [2.24, 2.45) is 0 Å². The van der Waals surface area contributed by atoms with Crippen molar-refractivity contribution in [3.63, 3.8) is 0 Å². The molecule has 67 heavy (non-hydrogen) atoms. The molecule has 5 heterocycles. The van der Waals surface area contributed by atoms with Gasteiger partial charge in [0.2, 0.25) is 0 Å². The molecular weight excluding hydrogens is 934 g/mol. The van der Waals surface area contributed by atoms with Crippen LogP contribution in [0.1, 0.15) is 58.1 Å². The largest absolute Gasteiger partial charge is 0.472 e. The smallest absolute Gasteiger partial charge is 0.455 e. The van der Waals surface area contributed by atoms with E-state index in [1.54, 1.807) is 45.0 Å². The second kappa shape index (κ2) is 21.5. The number of anilines is 2. The van der Waals surface area contributed by atoms with Crippen molar-refractivity contribution in [2.45, 2.75) is 101 Å². The Bertz CT molecular complexity index is 2520. The minimum absolute atomic E-state index is 0.00177. The minimum Gasteiger partial charge on any atom is -0.455 e. The topological polar surface area (TPSA) is 395 Å². The predicted octanol–water partition coefficient (Wildman–Crippen LogP) is 0.917. The zero-order valence-corrected chi connectivity index (χ0v) is 37.8. The Balaban J connectivity index is 1.19. The van der Waals surface area contributed by atoms with E-state index in [9.17, 15) is 48.1 Å². The summed E-state index contributed by atoms with van der Waals surface area (Å²) in [5, 5.41) is 16.7. The van der Waals surface area contributed by atoms with Crippen LogP contribution in [0, 0.1) is 0 Å². The van der Waals surface area contributed by atoms with Gasteiger partial charge in [0.25, 0.3) is 0 Å². The van der Waals surface area contributed by atoms with Crippen LogP contribution >= 0.6 is 15.6 Å². The number of hydrogen-bond acceptors (Lipinski definition) is 21. The van der Waals surface area contributed by atoms with Gasteiger partial charge in [0.15, 0.2) is 23.8 Å². The first kappa shape index (κ1) is 50.8. The number of alkyl carbamates (subject to hydrolysis) is 2. The second-order valence-corrected chi connectivity index (χ2v) is 18.6. The molecular formula is C37H50N10O18P2. The fourth-order valence-corrected chi connectivity index (χ4v) is 8.09. The number of phosphoric ester groups is 2. The molecule has 28 nitrogen and oxygen atoms in total. The lowest BCUT2D eigenvalue weighted by atomic mass is 10.1. The number of carbonyl (C=O) groups is 3. The maximum absolute atomic E-state index is 14.0. The summed E-state index contributed by atoms with van der Waals surface area (Å²) in [4.78, 5) is 97.4. The van der Waals surface area contributed by atoms with Gasteiger partial charge in [0.05, 0.1) is 19.5 Å². The number of fused-ring (bicyclic) bond motifs is 1. The third-order valence-electron chi connectivity index (χ3n) is 9.77. The number of imidazole rings is 1. The van der Waals surface area contributed by atoms with Crippen LogP contribution in [0.25, 0.3) is 11.2 Å². The zero-order valence-electron chi connectivity index (χ0n) is 36.0. The number of aliphatic hydroxyl groups is 1. The molecule has 10 N–H and O–H groups in total. The number of ether oxygens (including phenoxy) is 5. The van der Waals surface area contributed by atoms with Crippen molar-refractivity contribution in [3.05, 3.63) is 71.3 Å². The molecule has 6 rings (SSSR count). The molecule has 0 bridgehead atoms. The number of aliphatic hydroxyl groups excluding tert-OH is 1. The molecule has 0 aliphatic carbocycles. The number of esters is 1. The number of hydrogen-bond donors (Lipinski definition) is 8. The molecule has 3 aromatic heterocycles. The molecule has 1 unspecified atom stereocenters. The average Bonchev–Trinajstić information content (AvgIpc) is 3.94. The summed E-state index contributed by atoms with van der Waals surface area (Å²) >= 11 is 0. The Hall–Kier alpha value is -5.64. The van der Waals surface area contributed by atoms with Gasteiger partial charge in [0.1, 0.15) is 66.6 Å². The summed E-state index contributed by atoms with van der Waals surface area (Å²) in [7, 11) is -10.4. The summed E-state index contributed by atoms with van der Waals surface area (Å²) in [5.74, 6) is -1.27. The van der Waals surface area contributed by atoms with Crippen LogP contribution in [-0.4, -0.2) is 129 Å². The summed E-state index contributed by atoms with van der Waals surface area (Å²) in [5.41, 5.74) is 10.6. The van der Waals surface area contributed by atoms with Crippen molar-refractivity contribution in [1.82, 2.24) is 39.7 Å². The first-order chi connectivity index (χ1) is 31.6. The fraction of sp³-hybridized carbons (Fsp3) is 0.514. The lowest BCUT2D eigenvalue weighted by molar-refractivity contribution is -0.159. The van der Waals surface area contributed by atoms with Crippen LogP contribution in [0.3, 0.4) is 0 Å². The third-order valence-corrected chi connectivity index (χ3v) is 11.3. The van der Waals surface area contributed by atoms with Crippen molar-refractivity contribution >= 4 is 56.6 Å². The van der Waals surface area contributed by atoms with Gasteiger partial charge in [-0.15, -0.1) is 0 Å². The van der Waals surface area contributed by atoms with E-state index in [4.69, 9.17) is 44.2 Å². The van der Waals surface area contributed by atoms with Crippen molar-refractivity contribution in [3.8, 4) is 0 Å². The number of benzene rings is 1. The Morgan fingerprint density at radius 2 is 1.70 bits per heavy atom. The van der Waals surface area contributed by atoms with E-state index >= 15 is 0 Å². The number of aromatic nitrogens is 6. The standard InChI is InChI=1S/C37H50N10O18P2/c1-37(2,3)64-36(52)44-21(10-7-12-40-35(51)58-15-20-8-5-4-6-9-20)33(49)63-29-24(62-32(28(29)48)47-19-43-27-30(39)41-18-42-31(27)47)17-60-67(56,57)65-22-14-26(46-13-11-25(38)45-34(46)50)61-23(22)16-59-66(53,54)55/h4-6,8-9,11,13,18-19,21-24,26,28-29,32,48H,7,10,12,14-17H2,1-3H3,(H,40,51)(H,44,52)(H,56,57)(H2,38,45,50)(H2,39,41,42)(H2,53,54,55)/t21-,22-,23+,24+,26+,28+,29+,32+/m0/s1. The van der Waals surface area contributed by atoms with Crippen molar-refractivity contribution in [2.75, 3.05) is 31.2 Å². The number of rotatable bonds is 19. The van der Waals surface area contributed by atoms with Crippen LogP contribution in [0.4, 0.5) is 21.2 Å². The Labute approximate surface area is 380 Å². The van der Waals surface area contributed by atoms with E-state index in [0.29, 0.717) is 0 Å².